The summed E-state index contributed by atoms with van der Waals surface area (Å²) in [6, 6.07) is 0. The van der Waals surface area contributed by atoms with Gasteiger partial charge in [0.2, 0.25) is 0 Å². The van der Waals surface area contributed by atoms with Crippen molar-refractivity contribution in [2.24, 2.45) is 0 Å². The maximum atomic E-state index is 5.77. The highest BCUT2D eigenvalue weighted by atomic mass is 79.9. The van der Waals surface area contributed by atoms with E-state index in [9.17, 15) is 0 Å². The molecule has 0 amide bonds. The molecule has 0 aromatic carbocycles. The minimum Gasteiger partial charge on any atom is -0.376 e. The monoisotopic (exact) mass is 270 g/mol. The lowest BCUT2D eigenvalue weighted by Crippen LogP contribution is -2.34. The topological polar surface area (TPSA) is 18.5 Å². The summed E-state index contributed by atoms with van der Waals surface area (Å²) in [4.78, 5) is 0. The van der Waals surface area contributed by atoms with Crippen molar-refractivity contribution in [2.75, 3.05) is 24.4 Å². The normalized spacial score (nSPS) is 21.5. The average molecular weight is 272 g/mol. The fraction of sp³-hybridized carbons (Fsp3) is 1.00. The Balaban J connectivity index is 2.01. The van der Waals surface area contributed by atoms with Crippen LogP contribution >= 0.6 is 27.5 Å². The van der Waals surface area contributed by atoms with Gasteiger partial charge >= 0.3 is 0 Å². The Morgan fingerprint density at radius 3 is 2.62 bits per heavy atom. The van der Waals surface area contributed by atoms with Gasteiger partial charge in [0, 0.05) is 5.33 Å². The smallest absolute Gasteiger partial charge is 0.0886 e. The van der Waals surface area contributed by atoms with Crippen LogP contribution < -0.4 is 0 Å². The molecule has 1 aliphatic rings. The lowest BCUT2D eigenvalue weighted by molar-refractivity contribution is -0.0325. The minimum atomic E-state index is -0.255. The molecule has 2 nitrogen and oxygen atoms in total. The largest absolute Gasteiger partial charge is 0.376 e. The molecule has 0 aliphatic heterocycles. The molecule has 0 bridgehead atoms. The molecule has 0 aromatic rings. The van der Waals surface area contributed by atoms with Crippen molar-refractivity contribution in [3.05, 3.63) is 0 Å². The molecule has 1 unspecified atom stereocenters. The summed E-state index contributed by atoms with van der Waals surface area (Å²) >= 11 is 9.14. The Morgan fingerprint density at radius 2 is 2.15 bits per heavy atom. The van der Waals surface area contributed by atoms with Crippen molar-refractivity contribution < 1.29 is 9.47 Å². The van der Waals surface area contributed by atoms with Crippen LogP contribution in [0.3, 0.4) is 0 Å². The van der Waals surface area contributed by atoms with Gasteiger partial charge in [0.05, 0.1) is 30.8 Å². The summed E-state index contributed by atoms with van der Waals surface area (Å²) < 4.78 is 11.1. The zero-order chi connectivity index (χ0) is 9.73. The standard InChI is InChI=1S/C9H16BrClO2/c1-9(6-10,7-11)13-5-4-12-8-2-3-8/h8H,2-7H2,1H3. The number of hydrogen-bond donors (Lipinski definition) is 0. The molecule has 1 saturated carbocycles. The number of alkyl halides is 2. The van der Waals surface area contributed by atoms with E-state index in [-0.39, 0.29) is 5.60 Å². The van der Waals surface area contributed by atoms with Crippen molar-refractivity contribution in [3.63, 3.8) is 0 Å². The highest BCUT2D eigenvalue weighted by Crippen LogP contribution is 2.23. The third-order valence-electron chi connectivity index (χ3n) is 1.98. The van der Waals surface area contributed by atoms with Gasteiger partial charge in [-0.1, -0.05) is 15.9 Å². The Morgan fingerprint density at radius 1 is 1.46 bits per heavy atom. The van der Waals surface area contributed by atoms with E-state index in [0.717, 1.165) is 5.33 Å². The van der Waals surface area contributed by atoms with Crippen molar-refractivity contribution in [3.8, 4) is 0 Å². The maximum Gasteiger partial charge on any atom is 0.0886 e. The molecule has 78 valence electrons. The summed E-state index contributed by atoms with van der Waals surface area (Å²) in [6.45, 7) is 3.31. The lowest BCUT2D eigenvalue weighted by Gasteiger charge is -2.24. The zero-order valence-electron chi connectivity index (χ0n) is 7.89. The van der Waals surface area contributed by atoms with Gasteiger partial charge in [-0.25, -0.2) is 0 Å². The summed E-state index contributed by atoms with van der Waals surface area (Å²) in [5.41, 5.74) is -0.255. The molecule has 0 radical (unpaired) electrons. The van der Waals surface area contributed by atoms with E-state index >= 15 is 0 Å². The van der Waals surface area contributed by atoms with Gasteiger partial charge in [-0.3, -0.25) is 0 Å². The third kappa shape index (κ3) is 4.63. The van der Waals surface area contributed by atoms with Gasteiger partial charge in [-0.2, -0.15) is 0 Å². The van der Waals surface area contributed by atoms with E-state index in [2.05, 4.69) is 15.9 Å². The summed E-state index contributed by atoms with van der Waals surface area (Å²) in [6.07, 6.45) is 2.94. The molecule has 0 heterocycles. The predicted molar refractivity (Wildman–Crippen MR) is 57.8 cm³/mol. The van der Waals surface area contributed by atoms with Gasteiger partial charge in [0.25, 0.3) is 0 Å². The van der Waals surface area contributed by atoms with Gasteiger partial charge in [0.15, 0.2) is 0 Å². The van der Waals surface area contributed by atoms with Gasteiger partial charge < -0.3 is 9.47 Å². The van der Waals surface area contributed by atoms with Crippen LogP contribution in [0.2, 0.25) is 0 Å². The van der Waals surface area contributed by atoms with Crippen molar-refractivity contribution >= 4 is 27.5 Å². The second-order valence-electron chi connectivity index (χ2n) is 3.64. The van der Waals surface area contributed by atoms with Gasteiger partial charge in [0.1, 0.15) is 0 Å². The van der Waals surface area contributed by atoms with Crippen LogP contribution in [0.15, 0.2) is 0 Å². The van der Waals surface area contributed by atoms with Crippen molar-refractivity contribution in [1.29, 1.82) is 0 Å². The molecule has 1 rings (SSSR count). The predicted octanol–water partition coefficient (Wildman–Crippen LogP) is 2.57. The van der Waals surface area contributed by atoms with E-state index in [1.165, 1.54) is 12.8 Å². The van der Waals surface area contributed by atoms with Crippen molar-refractivity contribution in [2.45, 2.75) is 31.5 Å². The van der Waals surface area contributed by atoms with E-state index < -0.39 is 0 Å². The van der Waals surface area contributed by atoms with Crippen LogP contribution in [0.1, 0.15) is 19.8 Å². The van der Waals surface area contributed by atoms with Crippen LogP contribution in [0, 0.1) is 0 Å². The number of ether oxygens (including phenoxy) is 2. The first-order chi connectivity index (χ1) is 6.20. The minimum absolute atomic E-state index is 0.255. The molecule has 0 saturated heterocycles. The number of rotatable bonds is 7. The van der Waals surface area contributed by atoms with E-state index in [1.54, 1.807) is 0 Å². The van der Waals surface area contributed by atoms with Gasteiger partial charge in [-0.15, -0.1) is 11.6 Å². The Bertz CT molecular complexity index is 147. The van der Waals surface area contributed by atoms with Crippen molar-refractivity contribution in [1.82, 2.24) is 0 Å². The molecule has 0 aromatic heterocycles. The second kappa shape index (κ2) is 5.54. The maximum absolute atomic E-state index is 5.77. The Kier molecular flexibility index (Phi) is 5.01. The molecule has 0 spiro atoms. The zero-order valence-corrected chi connectivity index (χ0v) is 10.2. The number of hydrogen-bond acceptors (Lipinski definition) is 2. The van der Waals surface area contributed by atoms with E-state index in [1.807, 2.05) is 6.92 Å². The van der Waals surface area contributed by atoms with E-state index in [4.69, 9.17) is 21.1 Å². The summed E-state index contributed by atoms with van der Waals surface area (Å²) in [5.74, 6) is 0.502. The molecule has 1 atom stereocenters. The molecule has 4 heteroatoms. The van der Waals surface area contributed by atoms with Crippen LogP contribution in [-0.4, -0.2) is 36.1 Å². The molecule has 13 heavy (non-hydrogen) atoms. The Hall–Kier alpha value is 0.690. The third-order valence-corrected chi connectivity index (χ3v) is 3.73. The SMILES string of the molecule is CC(CCl)(CBr)OCCOC1CC1. The number of halogens is 2. The fourth-order valence-corrected chi connectivity index (χ4v) is 1.61. The molecular formula is C9H16BrClO2. The average Bonchev–Trinajstić information content (AvgIpc) is 2.96. The summed E-state index contributed by atoms with van der Waals surface area (Å²) in [5, 5.41) is 0.757. The lowest BCUT2D eigenvalue weighted by atomic mass is 10.2. The van der Waals surface area contributed by atoms with Gasteiger partial charge in [-0.05, 0) is 19.8 Å². The summed E-state index contributed by atoms with van der Waals surface area (Å²) in [7, 11) is 0. The highest BCUT2D eigenvalue weighted by molar-refractivity contribution is 9.09. The molecule has 1 fully saturated rings. The second-order valence-corrected chi connectivity index (χ2v) is 4.46. The fourth-order valence-electron chi connectivity index (χ4n) is 0.850. The Labute approximate surface area is 93.1 Å². The first kappa shape index (κ1) is 11.8. The van der Waals surface area contributed by atoms with Crippen LogP contribution in [-0.2, 0) is 9.47 Å². The molecular weight excluding hydrogens is 255 g/mol. The first-order valence-corrected chi connectivity index (χ1v) is 6.23. The quantitative estimate of drug-likeness (QED) is 0.523. The van der Waals surface area contributed by atoms with Crippen LogP contribution in [0.5, 0.6) is 0 Å². The first-order valence-electron chi connectivity index (χ1n) is 4.58. The van der Waals surface area contributed by atoms with Crippen LogP contribution in [0.4, 0.5) is 0 Å². The van der Waals surface area contributed by atoms with E-state index in [0.29, 0.717) is 25.2 Å². The molecule has 1 aliphatic carbocycles. The molecule has 0 N–H and O–H groups in total. The highest BCUT2D eigenvalue weighted by Gasteiger charge is 2.24. The van der Waals surface area contributed by atoms with Crippen LogP contribution in [0.25, 0.3) is 0 Å².